The van der Waals surface area contributed by atoms with Crippen LogP contribution in [-0.2, 0) is 27.4 Å². The van der Waals surface area contributed by atoms with Crippen molar-refractivity contribution in [3.63, 3.8) is 0 Å². The molecule has 2 heterocycles. The molecule has 26 heavy (non-hydrogen) atoms. The summed E-state index contributed by atoms with van der Waals surface area (Å²) in [5.41, 5.74) is 4.60. The summed E-state index contributed by atoms with van der Waals surface area (Å²) < 4.78 is 41.6. The van der Waals surface area contributed by atoms with E-state index in [0.29, 0.717) is 0 Å². The smallest absolute Gasteiger partial charge is 0.387 e. The maximum absolute atomic E-state index is 11.9. The number of hydrogen-bond donors (Lipinski definition) is 5. The van der Waals surface area contributed by atoms with E-state index in [4.69, 9.17) is 25.0 Å². The van der Waals surface area contributed by atoms with Crippen molar-refractivity contribution in [1.82, 2.24) is 9.55 Å². The second kappa shape index (κ2) is 7.82. The lowest BCUT2D eigenvalue weighted by Crippen LogP contribution is -2.37. The van der Waals surface area contributed by atoms with Crippen molar-refractivity contribution in [2.45, 2.75) is 24.5 Å². The van der Waals surface area contributed by atoms with Crippen LogP contribution in [0.5, 0.6) is 0 Å². The van der Waals surface area contributed by atoms with Crippen molar-refractivity contribution in [3.8, 4) is 0 Å². The lowest BCUT2D eigenvalue weighted by atomic mass is 10.1. The molecule has 0 bridgehead atoms. The van der Waals surface area contributed by atoms with Crippen LogP contribution in [0.2, 0.25) is 0 Å². The van der Waals surface area contributed by atoms with Crippen molar-refractivity contribution < 1.29 is 47.2 Å². The first-order valence-corrected chi connectivity index (χ1v) is 9.91. The van der Waals surface area contributed by atoms with Crippen LogP contribution in [0.15, 0.2) is 17.1 Å². The number of nitrogens with two attached hydrogens (primary N) is 1. The fourth-order valence-corrected chi connectivity index (χ4v) is 3.88. The first-order chi connectivity index (χ1) is 11.9. The molecule has 0 amide bonds. The fourth-order valence-electron chi connectivity index (χ4n) is 2.28. The van der Waals surface area contributed by atoms with E-state index in [1.165, 1.54) is 19.4 Å². The minimum Gasteiger partial charge on any atom is -0.387 e. The van der Waals surface area contributed by atoms with Gasteiger partial charge in [-0.15, -0.1) is 0 Å². The molecule has 6 N–H and O–H groups in total. The van der Waals surface area contributed by atoms with E-state index in [-0.39, 0.29) is 5.82 Å². The standard InChI is InChI=1S/C10H17N3O11P2/c1-21-8-7(14)5(4-22-26(19,20)24-25(16,17)18)23-9(8)13-3-2-6(11)12-10(13)15/h2-3,5,7-9,14H,4H2,1H3,(H,19,20)(H2,11,12,15)(H2,16,17,18)/t5-,7-,8-,9-/m1/s1. The Kier molecular flexibility index (Phi) is 6.36. The Bertz CT molecular complexity index is 795. The predicted octanol–water partition coefficient (Wildman–Crippen LogP) is -1.67. The van der Waals surface area contributed by atoms with E-state index in [1.54, 1.807) is 0 Å². The average molecular weight is 417 g/mol. The van der Waals surface area contributed by atoms with Gasteiger partial charge >= 0.3 is 21.3 Å². The molecule has 2 rings (SSSR count). The van der Waals surface area contributed by atoms with Crippen LogP contribution in [0.1, 0.15) is 6.23 Å². The number of nitrogens with zero attached hydrogens (tertiary/aromatic N) is 2. The van der Waals surface area contributed by atoms with Crippen LogP contribution in [0, 0.1) is 0 Å². The Hall–Kier alpha value is -1.18. The summed E-state index contributed by atoms with van der Waals surface area (Å²) in [6.07, 6.45) is -3.68. The van der Waals surface area contributed by atoms with Crippen LogP contribution < -0.4 is 11.4 Å². The first-order valence-electron chi connectivity index (χ1n) is 6.89. The normalized spacial score (nSPS) is 28.8. The van der Waals surface area contributed by atoms with Gasteiger partial charge in [-0.1, -0.05) is 0 Å². The van der Waals surface area contributed by atoms with Gasteiger partial charge in [0.05, 0.1) is 6.61 Å². The largest absolute Gasteiger partial charge is 0.481 e. The van der Waals surface area contributed by atoms with E-state index in [1.807, 2.05) is 0 Å². The highest BCUT2D eigenvalue weighted by atomic mass is 31.3. The number of methoxy groups -OCH3 is 1. The second-order valence-electron chi connectivity index (χ2n) is 5.13. The number of hydrogen-bond acceptors (Lipinski definition) is 10. The van der Waals surface area contributed by atoms with E-state index < -0.39 is 52.5 Å². The van der Waals surface area contributed by atoms with Crippen molar-refractivity contribution in [1.29, 1.82) is 0 Å². The number of phosphoric ester groups is 1. The molecule has 0 spiro atoms. The number of anilines is 1. The van der Waals surface area contributed by atoms with Crippen molar-refractivity contribution >= 4 is 21.5 Å². The van der Waals surface area contributed by atoms with Crippen LogP contribution in [-0.4, -0.2) is 61.4 Å². The average Bonchev–Trinajstić information content (AvgIpc) is 2.79. The molecule has 1 aliphatic rings. The summed E-state index contributed by atoms with van der Waals surface area (Å²) in [5, 5.41) is 10.2. The topological polar surface area (TPSA) is 213 Å². The maximum atomic E-state index is 11.9. The Labute approximate surface area is 145 Å². The van der Waals surface area contributed by atoms with Gasteiger partial charge in [-0.25, -0.2) is 13.9 Å². The summed E-state index contributed by atoms with van der Waals surface area (Å²) >= 11 is 0. The summed E-state index contributed by atoms with van der Waals surface area (Å²) in [4.78, 5) is 41.7. The Balaban J connectivity index is 2.13. The lowest BCUT2D eigenvalue weighted by Gasteiger charge is -2.20. The van der Waals surface area contributed by atoms with Gasteiger partial charge in [-0.3, -0.25) is 9.09 Å². The number of ether oxygens (including phenoxy) is 2. The number of aliphatic hydroxyl groups is 1. The molecule has 0 saturated carbocycles. The molecule has 0 radical (unpaired) electrons. The second-order valence-corrected chi connectivity index (χ2v) is 7.96. The molecule has 1 aromatic heterocycles. The highest BCUT2D eigenvalue weighted by Crippen LogP contribution is 2.57. The molecular formula is C10H17N3O11P2. The van der Waals surface area contributed by atoms with E-state index in [9.17, 15) is 23.9 Å². The molecule has 1 saturated heterocycles. The fraction of sp³-hybridized carbons (Fsp3) is 0.600. The van der Waals surface area contributed by atoms with Gasteiger partial charge in [0.1, 0.15) is 24.1 Å². The van der Waals surface area contributed by atoms with E-state index >= 15 is 0 Å². The van der Waals surface area contributed by atoms with E-state index in [0.717, 1.165) is 4.57 Å². The van der Waals surface area contributed by atoms with Crippen LogP contribution in [0.25, 0.3) is 0 Å². The molecule has 148 valence electrons. The maximum Gasteiger partial charge on any atom is 0.481 e. The molecule has 16 heteroatoms. The number of aromatic nitrogens is 2. The molecular weight excluding hydrogens is 400 g/mol. The lowest BCUT2D eigenvalue weighted by molar-refractivity contribution is -0.0619. The highest BCUT2D eigenvalue weighted by molar-refractivity contribution is 7.60. The minimum atomic E-state index is -5.28. The molecule has 1 fully saturated rings. The van der Waals surface area contributed by atoms with Gasteiger partial charge in [0, 0.05) is 13.3 Å². The quantitative estimate of drug-likeness (QED) is 0.314. The molecule has 0 aromatic carbocycles. The summed E-state index contributed by atoms with van der Waals surface area (Å²) in [5.74, 6) is -0.0329. The molecule has 1 aliphatic heterocycles. The number of rotatable bonds is 7. The SMILES string of the molecule is CO[C@@H]1[C@H](O)[C@@H](COP(=O)(O)OP(=O)(O)O)O[C@H]1n1ccc(N)nc1=O. The first kappa shape index (κ1) is 21.1. The Morgan fingerprint density at radius 3 is 2.58 bits per heavy atom. The van der Waals surface area contributed by atoms with Crippen LogP contribution in [0.3, 0.4) is 0 Å². The van der Waals surface area contributed by atoms with Gasteiger partial charge < -0.3 is 35.0 Å². The Morgan fingerprint density at radius 1 is 1.38 bits per heavy atom. The van der Waals surface area contributed by atoms with Gasteiger partial charge in [0.15, 0.2) is 6.23 Å². The van der Waals surface area contributed by atoms with Crippen molar-refractivity contribution in [2.75, 3.05) is 19.5 Å². The predicted molar refractivity (Wildman–Crippen MR) is 82.5 cm³/mol. The van der Waals surface area contributed by atoms with Gasteiger partial charge in [0.2, 0.25) is 0 Å². The summed E-state index contributed by atoms with van der Waals surface area (Å²) in [6, 6.07) is 1.31. The van der Waals surface area contributed by atoms with Gasteiger partial charge in [-0.05, 0) is 6.07 Å². The third kappa shape index (κ3) is 5.18. The Morgan fingerprint density at radius 2 is 2.04 bits per heavy atom. The molecule has 14 nitrogen and oxygen atoms in total. The van der Waals surface area contributed by atoms with Crippen molar-refractivity contribution in [3.05, 3.63) is 22.7 Å². The zero-order valence-electron chi connectivity index (χ0n) is 13.2. The van der Waals surface area contributed by atoms with Gasteiger partial charge in [0.25, 0.3) is 0 Å². The zero-order valence-corrected chi connectivity index (χ0v) is 15.0. The van der Waals surface area contributed by atoms with Crippen LogP contribution in [0.4, 0.5) is 5.82 Å². The molecule has 5 atom stereocenters. The number of phosphoric acid groups is 2. The molecule has 1 aromatic rings. The third-order valence-electron chi connectivity index (χ3n) is 3.32. The molecule has 1 unspecified atom stereocenters. The minimum absolute atomic E-state index is 0.0329. The van der Waals surface area contributed by atoms with Crippen LogP contribution >= 0.6 is 15.6 Å². The highest BCUT2D eigenvalue weighted by Gasteiger charge is 2.46. The van der Waals surface area contributed by atoms with Gasteiger partial charge in [-0.2, -0.15) is 9.29 Å². The monoisotopic (exact) mass is 417 g/mol. The number of nitrogen functional groups attached to an aromatic ring is 1. The third-order valence-corrected chi connectivity index (χ3v) is 5.47. The van der Waals surface area contributed by atoms with E-state index in [2.05, 4.69) is 13.8 Å². The van der Waals surface area contributed by atoms with Crippen molar-refractivity contribution in [2.24, 2.45) is 0 Å². The molecule has 0 aliphatic carbocycles. The summed E-state index contributed by atoms with van der Waals surface area (Å²) in [6.45, 7) is -0.789. The summed E-state index contributed by atoms with van der Waals surface area (Å²) in [7, 11) is -9.17. The zero-order chi connectivity index (χ0) is 19.7. The number of aliphatic hydroxyl groups excluding tert-OH is 1.